The van der Waals surface area contributed by atoms with Crippen LogP contribution in [0, 0.1) is 6.92 Å². The molecule has 0 saturated carbocycles. The summed E-state index contributed by atoms with van der Waals surface area (Å²) in [6.07, 6.45) is 1.91. The second-order valence-electron chi connectivity index (χ2n) is 7.79. The van der Waals surface area contributed by atoms with Crippen molar-refractivity contribution in [2.75, 3.05) is 40.1 Å². The van der Waals surface area contributed by atoms with Gasteiger partial charge in [0.05, 0.1) is 31.5 Å². The van der Waals surface area contributed by atoms with Crippen molar-refractivity contribution in [3.05, 3.63) is 50.9 Å². The maximum atomic E-state index is 13.0. The molecule has 0 radical (unpaired) electrons. The summed E-state index contributed by atoms with van der Waals surface area (Å²) < 4.78 is 22.5. The molecule has 36 heavy (non-hydrogen) atoms. The fourth-order valence-corrected chi connectivity index (χ4v) is 4.59. The minimum atomic E-state index is -0.530. The molecule has 0 aliphatic rings. The van der Waals surface area contributed by atoms with Gasteiger partial charge in [-0.2, -0.15) is 0 Å². The second-order valence-corrected chi connectivity index (χ2v) is 8.79. The summed E-state index contributed by atoms with van der Waals surface area (Å²) in [5.74, 6) is 0.506. The minimum absolute atomic E-state index is 0.116. The number of hydrogen-bond acceptors (Lipinski definition) is 9. The van der Waals surface area contributed by atoms with Gasteiger partial charge in [-0.1, -0.05) is 6.07 Å². The topological polar surface area (TPSA) is 118 Å². The summed E-state index contributed by atoms with van der Waals surface area (Å²) in [7, 11) is 1.51. The first-order valence-electron chi connectivity index (χ1n) is 11.7. The molecule has 10 nitrogen and oxygen atoms in total. The number of carbonyl (C=O) groups excluding carboxylic acids is 2. The lowest BCUT2D eigenvalue weighted by Crippen LogP contribution is -2.33. The van der Waals surface area contributed by atoms with Gasteiger partial charge < -0.3 is 24.3 Å². The molecule has 0 saturated heterocycles. The van der Waals surface area contributed by atoms with Gasteiger partial charge in [-0.3, -0.25) is 14.2 Å². The molecule has 3 rings (SSSR count). The molecule has 0 atom stereocenters. The first-order valence-corrected chi connectivity index (χ1v) is 12.5. The van der Waals surface area contributed by atoms with Gasteiger partial charge in [0.15, 0.2) is 11.5 Å². The molecular weight excluding hydrogens is 486 g/mol. The van der Waals surface area contributed by atoms with Crippen molar-refractivity contribution < 1.29 is 28.5 Å². The maximum absolute atomic E-state index is 13.0. The quantitative estimate of drug-likeness (QED) is 0.272. The maximum Gasteiger partial charge on any atom is 0.348 e. The van der Waals surface area contributed by atoms with E-state index in [0.717, 1.165) is 16.9 Å². The Morgan fingerprint density at radius 2 is 1.86 bits per heavy atom. The average molecular weight is 518 g/mol. The van der Waals surface area contributed by atoms with Crippen molar-refractivity contribution in [2.45, 2.75) is 33.7 Å². The highest BCUT2D eigenvalue weighted by atomic mass is 32.1. The fraction of sp³-hybridized carbons (Fsp3) is 0.440. The third kappa shape index (κ3) is 6.61. The van der Waals surface area contributed by atoms with Crippen LogP contribution in [0.5, 0.6) is 11.5 Å². The zero-order valence-corrected chi connectivity index (χ0v) is 21.7. The molecular formula is C25H31N3O7S. The third-order valence-corrected chi connectivity index (χ3v) is 6.46. The zero-order chi connectivity index (χ0) is 26.1. The first kappa shape index (κ1) is 27.2. The smallest absolute Gasteiger partial charge is 0.348 e. The van der Waals surface area contributed by atoms with Crippen LogP contribution in [0.25, 0.3) is 10.2 Å². The van der Waals surface area contributed by atoms with E-state index in [9.17, 15) is 14.4 Å². The molecule has 3 aromatic rings. The lowest BCUT2D eigenvalue weighted by atomic mass is 10.1. The third-order valence-electron chi connectivity index (χ3n) is 5.28. The minimum Gasteiger partial charge on any atom is -0.490 e. The van der Waals surface area contributed by atoms with E-state index < -0.39 is 5.97 Å². The first-order chi connectivity index (χ1) is 17.4. The van der Waals surface area contributed by atoms with Crippen LogP contribution in [-0.2, 0) is 27.2 Å². The molecule has 0 spiro atoms. The molecule has 194 valence electrons. The van der Waals surface area contributed by atoms with Crippen molar-refractivity contribution in [3.8, 4) is 11.5 Å². The highest BCUT2D eigenvalue weighted by molar-refractivity contribution is 7.20. The number of esters is 1. The van der Waals surface area contributed by atoms with E-state index in [1.165, 1.54) is 18.0 Å². The normalized spacial score (nSPS) is 10.9. The highest BCUT2D eigenvalue weighted by Gasteiger charge is 2.21. The number of fused-ring (bicyclic) bond motifs is 1. The molecule has 2 aromatic heterocycles. The summed E-state index contributed by atoms with van der Waals surface area (Å²) in [5, 5.41) is 3.14. The van der Waals surface area contributed by atoms with Crippen molar-refractivity contribution in [2.24, 2.45) is 0 Å². The Kier molecular flexibility index (Phi) is 9.83. The lowest BCUT2D eigenvalue weighted by molar-refractivity contribution is -0.121. The summed E-state index contributed by atoms with van der Waals surface area (Å²) in [6.45, 7) is 7.15. The molecule has 1 amide bonds. The molecule has 2 heterocycles. The van der Waals surface area contributed by atoms with Crippen LogP contribution < -0.4 is 20.3 Å². The highest BCUT2D eigenvalue weighted by Crippen LogP contribution is 2.29. The summed E-state index contributed by atoms with van der Waals surface area (Å²) in [6, 6.07) is 5.69. The number of nitrogens with one attached hydrogen (secondary N) is 1. The Morgan fingerprint density at radius 1 is 1.11 bits per heavy atom. The van der Waals surface area contributed by atoms with Crippen molar-refractivity contribution in [1.82, 2.24) is 14.9 Å². The number of methoxy groups -OCH3 is 1. The largest absolute Gasteiger partial charge is 0.490 e. The van der Waals surface area contributed by atoms with E-state index >= 15 is 0 Å². The van der Waals surface area contributed by atoms with Crippen molar-refractivity contribution >= 4 is 33.4 Å². The van der Waals surface area contributed by atoms with E-state index in [1.807, 2.05) is 32.0 Å². The van der Waals surface area contributed by atoms with E-state index in [-0.39, 0.29) is 31.2 Å². The second kappa shape index (κ2) is 13.0. The van der Waals surface area contributed by atoms with E-state index in [2.05, 4.69) is 10.3 Å². The number of aryl methyl sites for hydroxylation is 1. The average Bonchev–Trinajstić information content (AvgIpc) is 3.20. The number of thiophene rings is 1. The van der Waals surface area contributed by atoms with E-state index in [0.29, 0.717) is 58.3 Å². The number of rotatable bonds is 13. The van der Waals surface area contributed by atoms with Crippen LogP contribution >= 0.6 is 11.3 Å². The Bertz CT molecular complexity index is 1270. The molecule has 0 bridgehead atoms. The van der Waals surface area contributed by atoms with Gasteiger partial charge >= 0.3 is 5.97 Å². The Balaban J connectivity index is 1.63. The fourth-order valence-electron chi connectivity index (χ4n) is 3.56. The monoisotopic (exact) mass is 517 g/mol. The Hall–Kier alpha value is -3.44. The number of nitrogens with zero attached hydrogens (tertiary/aromatic N) is 2. The summed E-state index contributed by atoms with van der Waals surface area (Å²) in [5.41, 5.74) is 1.10. The van der Waals surface area contributed by atoms with Crippen LogP contribution in [0.2, 0.25) is 0 Å². The van der Waals surface area contributed by atoms with Gasteiger partial charge in [0.25, 0.3) is 5.56 Å². The van der Waals surface area contributed by atoms with Gasteiger partial charge in [0.2, 0.25) is 5.91 Å². The molecule has 11 heteroatoms. The van der Waals surface area contributed by atoms with Gasteiger partial charge in [0, 0.05) is 13.7 Å². The van der Waals surface area contributed by atoms with Crippen LogP contribution in [0.4, 0.5) is 0 Å². The summed E-state index contributed by atoms with van der Waals surface area (Å²) >= 11 is 1.09. The van der Waals surface area contributed by atoms with Gasteiger partial charge in [-0.15, -0.1) is 11.3 Å². The molecule has 0 aliphatic carbocycles. The molecule has 1 N–H and O–H groups in total. The van der Waals surface area contributed by atoms with Gasteiger partial charge in [-0.05, 0) is 50.5 Å². The SMILES string of the molecule is CCOc1ccc(CCNC(=O)Cn2cnc3sc(C(=O)OCCOC)c(C)c3c2=O)cc1OCC. The van der Waals surface area contributed by atoms with Crippen LogP contribution in [-0.4, -0.2) is 61.5 Å². The van der Waals surface area contributed by atoms with Crippen molar-refractivity contribution in [1.29, 1.82) is 0 Å². The Morgan fingerprint density at radius 3 is 2.58 bits per heavy atom. The molecule has 1 aromatic carbocycles. The Labute approximate surface area is 213 Å². The van der Waals surface area contributed by atoms with Crippen LogP contribution in [0.15, 0.2) is 29.3 Å². The zero-order valence-electron chi connectivity index (χ0n) is 20.9. The van der Waals surface area contributed by atoms with E-state index in [4.69, 9.17) is 18.9 Å². The molecule has 0 unspecified atom stereocenters. The number of hydrogen-bond donors (Lipinski definition) is 1. The van der Waals surface area contributed by atoms with E-state index in [1.54, 1.807) is 6.92 Å². The number of carbonyl (C=O) groups is 2. The number of ether oxygens (including phenoxy) is 4. The van der Waals surface area contributed by atoms with Crippen molar-refractivity contribution in [3.63, 3.8) is 0 Å². The van der Waals surface area contributed by atoms with Gasteiger partial charge in [0.1, 0.15) is 22.9 Å². The predicted molar refractivity (Wildman–Crippen MR) is 136 cm³/mol. The summed E-state index contributed by atoms with van der Waals surface area (Å²) in [4.78, 5) is 42.9. The molecule has 0 aliphatic heterocycles. The van der Waals surface area contributed by atoms with Crippen LogP contribution in [0.3, 0.4) is 0 Å². The number of benzene rings is 1. The standard InChI is InChI=1S/C25H31N3O7S/c1-5-33-18-8-7-17(13-19(18)34-6-2)9-10-26-20(29)14-28-15-27-23-21(24(28)30)16(3)22(36-23)25(31)35-12-11-32-4/h7-8,13,15H,5-6,9-12,14H2,1-4H3,(H,26,29). The number of amides is 1. The number of aromatic nitrogens is 2. The predicted octanol–water partition coefficient (Wildman–Crippen LogP) is 2.73. The van der Waals surface area contributed by atoms with Crippen LogP contribution in [0.1, 0.15) is 34.6 Å². The van der Waals surface area contributed by atoms with Gasteiger partial charge in [-0.25, -0.2) is 9.78 Å². The molecule has 0 fully saturated rings. The lowest BCUT2D eigenvalue weighted by Gasteiger charge is -2.13.